The lowest BCUT2D eigenvalue weighted by Gasteiger charge is -2.42. The summed E-state index contributed by atoms with van der Waals surface area (Å²) in [5.74, 6) is -56.2. The number of nitrogens with zero attached hydrogens (tertiary/aromatic N) is 1. The molecular weight excluding hydrogens is 577 g/mol. The normalized spacial score (nSPS) is 16.3. The maximum atomic E-state index is 13.8. The monoisotopic (exact) mass is 587 g/mol. The Hall–Kier alpha value is -1.75. The first-order valence-corrected chi connectivity index (χ1v) is 9.43. The molecule has 36 heavy (non-hydrogen) atoms. The summed E-state index contributed by atoms with van der Waals surface area (Å²) in [6.45, 7) is 0. The Balaban J connectivity index is 3.29. The third-order valence-electron chi connectivity index (χ3n) is 4.80. The zero-order chi connectivity index (χ0) is 28.8. The second kappa shape index (κ2) is 9.53. The van der Waals surface area contributed by atoms with Crippen LogP contribution in [0.15, 0.2) is 24.5 Å². The van der Waals surface area contributed by atoms with Gasteiger partial charge in [-0.2, -0.15) is 74.6 Å². The Labute approximate surface area is 194 Å². The number of hydrogen-bond donors (Lipinski definition) is 0. The van der Waals surface area contributed by atoms with E-state index in [4.69, 9.17) is 11.6 Å². The Morgan fingerprint density at radius 2 is 0.944 bits per heavy atom. The summed E-state index contributed by atoms with van der Waals surface area (Å²) in [7, 11) is 0. The van der Waals surface area contributed by atoms with E-state index in [1.807, 2.05) is 0 Å². The summed E-state index contributed by atoms with van der Waals surface area (Å²) in [4.78, 5) is 3.54. The minimum absolute atomic E-state index is 0.131. The predicted octanol–water partition coefficient (Wildman–Crippen LogP) is 8.54. The third kappa shape index (κ3) is 4.89. The number of alkyl halides is 18. The molecular formula is C17H11ClF17N. The third-order valence-corrected chi connectivity index (χ3v) is 5.27. The Bertz CT molecular complexity index is 881. The molecule has 1 heterocycles. The second-order valence-electron chi connectivity index (χ2n) is 7.29. The molecule has 1 unspecified atom stereocenters. The van der Waals surface area contributed by atoms with Crippen LogP contribution in [0, 0.1) is 0 Å². The fourth-order valence-electron chi connectivity index (χ4n) is 2.60. The summed E-state index contributed by atoms with van der Waals surface area (Å²) in [6, 6.07) is 2.39. The standard InChI is InChI=1S/C17H11ClF17N/c18-9(8-3-6-36-7-4-8)2-1-5-10(19,20)11(21,22)12(23,24)13(25,26)14(27,28)15(29,30)16(31,32)17(33,34)35/h3-4,6-7,9H,1-2,5H2. The fourth-order valence-corrected chi connectivity index (χ4v) is 2.90. The molecule has 210 valence electrons. The van der Waals surface area contributed by atoms with Crippen molar-refractivity contribution in [3.05, 3.63) is 30.1 Å². The molecule has 0 amide bonds. The highest BCUT2D eigenvalue weighted by atomic mass is 35.5. The van der Waals surface area contributed by atoms with Gasteiger partial charge in [0, 0.05) is 18.8 Å². The molecule has 0 aromatic carbocycles. The van der Waals surface area contributed by atoms with Gasteiger partial charge in [-0.15, -0.1) is 11.6 Å². The van der Waals surface area contributed by atoms with E-state index in [1.54, 1.807) is 0 Å². The first-order chi connectivity index (χ1) is 15.7. The zero-order valence-corrected chi connectivity index (χ0v) is 17.5. The van der Waals surface area contributed by atoms with Crippen molar-refractivity contribution in [3.63, 3.8) is 0 Å². The Morgan fingerprint density at radius 3 is 1.33 bits per heavy atom. The van der Waals surface area contributed by atoms with E-state index in [9.17, 15) is 74.6 Å². The van der Waals surface area contributed by atoms with Crippen molar-refractivity contribution in [3.8, 4) is 0 Å². The summed E-state index contributed by atoms with van der Waals surface area (Å²) in [6.07, 6.45) is -10.0. The first kappa shape index (κ1) is 32.3. The summed E-state index contributed by atoms with van der Waals surface area (Å²) < 4.78 is 224. The first-order valence-electron chi connectivity index (χ1n) is 8.99. The van der Waals surface area contributed by atoms with Gasteiger partial charge < -0.3 is 0 Å². The lowest BCUT2D eigenvalue weighted by atomic mass is 9.87. The van der Waals surface area contributed by atoms with Crippen LogP contribution in [0.2, 0.25) is 0 Å². The van der Waals surface area contributed by atoms with E-state index in [-0.39, 0.29) is 5.56 Å². The van der Waals surface area contributed by atoms with Crippen LogP contribution in [0.5, 0.6) is 0 Å². The molecule has 1 rings (SSSR count). The molecule has 1 aromatic heterocycles. The molecule has 0 saturated heterocycles. The van der Waals surface area contributed by atoms with E-state index in [0.717, 1.165) is 12.4 Å². The van der Waals surface area contributed by atoms with Crippen molar-refractivity contribution in [2.24, 2.45) is 0 Å². The number of halogens is 18. The van der Waals surface area contributed by atoms with Crippen LogP contribution in [0.3, 0.4) is 0 Å². The van der Waals surface area contributed by atoms with Gasteiger partial charge in [0.05, 0.1) is 5.38 Å². The van der Waals surface area contributed by atoms with Crippen molar-refractivity contribution in [2.75, 3.05) is 0 Å². The van der Waals surface area contributed by atoms with Gasteiger partial charge in [-0.1, -0.05) is 0 Å². The van der Waals surface area contributed by atoms with E-state index < -0.39 is 72.3 Å². The van der Waals surface area contributed by atoms with Crippen molar-refractivity contribution >= 4 is 11.6 Å². The molecule has 0 aliphatic carbocycles. The summed E-state index contributed by atoms with van der Waals surface area (Å²) >= 11 is 5.73. The topological polar surface area (TPSA) is 12.9 Å². The SMILES string of the molecule is FC(F)(F)C(F)(F)C(F)(F)C(F)(F)C(F)(F)C(F)(F)C(F)(F)C(F)(F)CCCC(Cl)c1ccncc1. The second-order valence-corrected chi connectivity index (χ2v) is 7.82. The van der Waals surface area contributed by atoms with Crippen molar-refractivity contribution in [1.82, 2.24) is 4.98 Å². The molecule has 1 atom stereocenters. The van der Waals surface area contributed by atoms with Gasteiger partial charge in [0.1, 0.15) is 0 Å². The van der Waals surface area contributed by atoms with Gasteiger partial charge in [-0.05, 0) is 30.5 Å². The summed E-state index contributed by atoms with van der Waals surface area (Å²) in [5.41, 5.74) is 0.131. The maximum absolute atomic E-state index is 13.8. The van der Waals surface area contributed by atoms with Crippen LogP contribution in [0.4, 0.5) is 74.6 Å². The van der Waals surface area contributed by atoms with Crippen LogP contribution in [0.25, 0.3) is 0 Å². The molecule has 0 radical (unpaired) electrons. The average Bonchev–Trinajstić information content (AvgIpc) is 2.72. The van der Waals surface area contributed by atoms with E-state index in [2.05, 4.69) is 4.98 Å². The van der Waals surface area contributed by atoms with Crippen molar-refractivity contribution in [1.29, 1.82) is 0 Å². The maximum Gasteiger partial charge on any atom is 0.460 e. The minimum atomic E-state index is -8.62. The van der Waals surface area contributed by atoms with Gasteiger partial charge >= 0.3 is 47.6 Å². The number of hydrogen-bond acceptors (Lipinski definition) is 1. The highest BCUT2D eigenvalue weighted by Gasteiger charge is 2.95. The number of pyridine rings is 1. The smallest absolute Gasteiger partial charge is 0.265 e. The van der Waals surface area contributed by atoms with Crippen molar-refractivity contribution in [2.45, 2.75) is 72.3 Å². The van der Waals surface area contributed by atoms with Crippen LogP contribution < -0.4 is 0 Å². The molecule has 0 bridgehead atoms. The zero-order valence-electron chi connectivity index (χ0n) is 16.8. The molecule has 0 N–H and O–H groups in total. The molecule has 0 aliphatic rings. The predicted molar refractivity (Wildman–Crippen MR) is 87.4 cm³/mol. The van der Waals surface area contributed by atoms with Crippen LogP contribution >= 0.6 is 11.6 Å². The van der Waals surface area contributed by atoms with Crippen molar-refractivity contribution < 1.29 is 74.6 Å². The van der Waals surface area contributed by atoms with E-state index in [1.165, 1.54) is 12.1 Å². The quantitative estimate of drug-likeness (QED) is 0.187. The van der Waals surface area contributed by atoms with Crippen LogP contribution in [-0.4, -0.2) is 52.6 Å². The average molecular weight is 588 g/mol. The lowest BCUT2D eigenvalue weighted by molar-refractivity contribution is -0.461. The van der Waals surface area contributed by atoms with Gasteiger partial charge in [0.25, 0.3) is 0 Å². The Kier molecular flexibility index (Phi) is 8.54. The van der Waals surface area contributed by atoms with Gasteiger partial charge in [-0.3, -0.25) is 4.98 Å². The van der Waals surface area contributed by atoms with Gasteiger partial charge in [0.15, 0.2) is 0 Å². The Morgan fingerprint density at radius 1 is 0.583 bits per heavy atom. The summed E-state index contributed by atoms with van der Waals surface area (Å²) in [5, 5.41) is -1.27. The van der Waals surface area contributed by atoms with E-state index >= 15 is 0 Å². The molecule has 0 aliphatic heterocycles. The highest BCUT2D eigenvalue weighted by molar-refractivity contribution is 6.20. The molecule has 19 heteroatoms. The number of rotatable bonds is 11. The van der Waals surface area contributed by atoms with Crippen LogP contribution in [0.1, 0.15) is 30.2 Å². The fraction of sp³-hybridized carbons (Fsp3) is 0.706. The molecule has 1 aromatic rings. The lowest BCUT2D eigenvalue weighted by Crippen LogP contribution is -2.74. The van der Waals surface area contributed by atoms with Gasteiger partial charge in [-0.25, -0.2) is 0 Å². The minimum Gasteiger partial charge on any atom is -0.265 e. The molecule has 1 nitrogen and oxygen atoms in total. The molecule has 0 saturated carbocycles. The van der Waals surface area contributed by atoms with E-state index in [0.29, 0.717) is 0 Å². The highest BCUT2D eigenvalue weighted by Crippen LogP contribution is 2.64. The largest absolute Gasteiger partial charge is 0.460 e. The molecule has 0 spiro atoms. The molecule has 0 fully saturated rings. The number of aromatic nitrogens is 1. The van der Waals surface area contributed by atoms with Gasteiger partial charge in [0.2, 0.25) is 0 Å². The van der Waals surface area contributed by atoms with Crippen LogP contribution in [-0.2, 0) is 0 Å².